The average Bonchev–Trinajstić information content (AvgIpc) is 2.37. The molecular weight excluding hydrogens is 220 g/mol. The largest absolute Gasteiger partial charge is 0.312 e. The molecule has 2 nitrogen and oxygen atoms in total. The molecule has 0 saturated heterocycles. The molecule has 1 aliphatic carbocycles. The molecule has 2 heteroatoms. The molecule has 92 valence electrons. The Morgan fingerprint density at radius 3 is 2.83 bits per heavy atom. The quantitative estimate of drug-likeness (QED) is 0.889. The van der Waals surface area contributed by atoms with Gasteiger partial charge in [0.05, 0.1) is 0 Å². The van der Waals surface area contributed by atoms with Gasteiger partial charge in [0, 0.05) is 24.4 Å². The SMILES string of the molecule is CNC(c1cnccc1C)C1Cc2ccccc21. The number of aromatic nitrogens is 1. The second-order valence-electron chi connectivity index (χ2n) is 5.01. The van der Waals surface area contributed by atoms with E-state index in [1.165, 1.54) is 22.3 Å². The second kappa shape index (κ2) is 4.54. The fourth-order valence-corrected chi connectivity index (χ4v) is 2.97. The van der Waals surface area contributed by atoms with Crippen LogP contribution in [0.3, 0.4) is 0 Å². The van der Waals surface area contributed by atoms with Gasteiger partial charge in [0.2, 0.25) is 0 Å². The predicted molar refractivity (Wildman–Crippen MR) is 73.7 cm³/mol. The van der Waals surface area contributed by atoms with Gasteiger partial charge in [-0.25, -0.2) is 0 Å². The monoisotopic (exact) mass is 238 g/mol. The third-order valence-corrected chi connectivity index (χ3v) is 4.02. The van der Waals surface area contributed by atoms with Gasteiger partial charge in [-0.15, -0.1) is 0 Å². The van der Waals surface area contributed by atoms with Gasteiger partial charge in [0.15, 0.2) is 0 Å². The number of hydrogen-bond acceptors (Lipinski definition) is 2. The molecule has 0 fully saturated rings. The first-order valence-corrected chi connectivity index (χ1v) is 6.47. The summed E-state index contributed by atoms with van der Waals surface area (Å²) in [6.45, 7) is 2.16. The highest BCUT2D eigenvalue weighted by Gasteiger charge is 2.33. The minimum atomic E-state index is 0.369. The van der Waals surface area contributed by atoms with Crippen molar-refractivity contribution in [3.63, 3.8) is 0 Å². The summed E-state index contributed by atoms with van der Waals surface area (Å²) in [5.74, 6) is 0.578. The Kier molecular flexibility index (Phi) is 2.88. The molecule has 0 bridgehead atoms. The van der Waals surface area contributed by atoms with Crippen molar-refractivity contribution in [2.45, 2.75) is 25.3 Å². The van der Waals surface area contributed by atoms with Crippen LogP contribution in [0.25, 0.3) is 0 Å². The summed E-state index contributed by atoms with van der Waals surface area (Å²) < 4.78 is 0. The van der Waals surface area contributed by atoms with Gasteiger partial charge < -0.3 is 5.32 Å². The van der Waals surface area contributed by atoms with Crippen LogP contribution in [0.5, 0.6) is 0 Å². The van der Waals surface area contributed by atoms with Crippen molar-refractivity contribution in [3.05, 3.63) is 65.0 Å². The number of hydrogen-bond donors (Lipinski definition) is 1. The zero-order chi connectivity index (χ0) is 12.5. The van der Waals surface area contributed by atoms with Crippen LogP contribution in [0.4, 0.5) is 0 Å². The van der Waals surface area contributed by atoms with E-state index in [0.717, 1.165) is 6.42 Å². The van der Waals surface area contributed by atoms with Crippen molar-refractivity contribution >= 4 is 0 Å². The van der Waals surface area contributed by atoms with Gasteiger partial charge in [-0.1, -0.05) is 24.3 Å². The maximum Gasteiger partial charge on any atom is 0.0408 e. The highest BCUT2D eigenvalue weighted by atomic mass is 14.9. The zero-order valence-corrected chi connectivity index (χ0v) is 10.9. The third kappa shape index (κ3) is 1.73. The molecule has 1 N–H and O–H groups in total. The van der Waals surface area contributed by atoms with Crippen LogP contribution in [0.15, 0.2) is 42.7 Å². The predicted octanol–water partition coefficient (Wildman–Crippen LogP) is 2.99. The third-order valence-electron chi connectivity index (χ3n) is 4.02. The fourth-order valence-electron chi connectivity index (χ4n) is 2.97. The molecule has 1 aliphatic rings. The van der Waals surface area contributed by atoms with Crippen molar-refractivity contribution in [1.82, 2.24) is 10.3 Å². The van der Waals surface area contributed by atoms with Gasteiger partial charge in [-0.2, -0.15) is 0 Å². The smallest absolute Gasteiger partial charge is 0.0408 e. The number of benzene rings is 1. The lowest BCUT2D eigenvalue weighted by molar-refractivity contribution is 0.436. The highest BCUT2D eigenvalue weighted by molar-refractivity contribution is 5.43. The maximum absolute atomic E-state index is 4.27. The van der Waals surface area contributed by atoms with Crippen LogP contribution in [-0.2, 0) is 6.42 Å². The Balaban J connectivity index is 1.95. The molecule has 3 rings (SSSR count). The number of pyridine rings is 1. The summed E-state index contributed by atoms with van der Waals surface area (Å²) in [6, 6.07) is 11.2. The normalized spacial score (nSPS) is 18.9. The Bertz CT molecular complexity index is 563. The Labute approximate surface area is 108 Å². The Hall–Kier alpha value is -1.67. The van der Waals surface area contributed by atoms with Gasteiger partial charge >= 0.3 is 0 Å². The summed E-state index contributed by atoms with van der Waals surface area (Å²) in [4.78, 5) is 4.27. The summed E-state index contributed by atoms with van der Waals surface area (Å²) in [5, 5.41) is 3.46. The van der Waals surface area contributed by atoms with E-state index in [1.54, 1.807) is 0 Å². The molecule has 18 heavy (non-hydrogen) atoms. The number of rotatable bonds is 3. The van der Waals surface area contributed by atoms with Crippen LogP contribution in [0.1, 0.15) is 34.2 Å². The molecule has 0 amide bonds. The van der Waals surface area contributed by atoms with Crippen molar-refractivity contribution < 1.29 is 0 Å². The lowest BCUT2D eigenvalue weighted by atomic mass is 9.71. The molecular formula is C16H18N2. The van der Waals surface area contributed by atoms with Crippen molar-refractivity contribution in [2.24, 2.45) is 0 Å². The lowest BCUT2D eigenvalue weighted by Gasteiger charge is -2.37. The Morgan fingerprint density at radius 1 is 1.28 bits per heavy atom. The molecule has 2 unspecified atom stereocenters. The molecule has 2 aromatic rings. The van der Waals surface area contributed by atoms with Crippen molar-refractivity contribution in [3.8, 4) is 0 Å². The lowest BCUT2D eigenvalue weighted by Crippen LogP contribution is -2.31. The molecule has 0 aliphatic heterocycles. The summed E-state index contributed by atoms with van der Waals surface area (Å²) >= 11 is 0. The number of nitrogens with one attached hydrogen (secondary N) is 1. The van der Waals surface area contributed by atoms with Gasteiger partial charge in [0.1, 0.15) is 0 Å². The molecule has 1 heterocycles. The minimum Gasteiger partial charge on any atom is -0.312 e. The van der Waals surface area contributed by atoms with E-state index in [-0.39, 0.29) is 0 Å². The molecule has 0 saturated carbocycles. The van der Waals surface area contributed by atoms with Gasteiger partial charge in [0.25, 0.3) is 0 Å². The second-order valence-corrected chi connectivity index (χ2v) is 5.01. The van der Waals surface area contributed by atoms with Crippen LogP contribution >= 0.6 is 0 Å². The highest BCUT2D eigenvalue weighted by Crippen LogP contribution is 2.43. The van der Waals surface area contributed by atoms with E-state index in [9.17, 15) is 0 Å². The standard InChI is InChI=1S/C16H18N2/c1-11-7-8-18-10-15(11)16(17-2)14-9-12-5-3-4-6-13(12)14/h3-8,10,14,16-17H,9H2,1-2H3. The minimum absolute atomic E-state index is 0.369. The first-order valence-electron chi connectivity index (χ1n) is 6.47. The van der Waals surface area contributed by atoms with Crippen LogP contribution in [0, 0.1) is 6.92 Å². The number of nitrogens with zero attached hydrogens (tertiary/aromatic N) is 1. The number of aryl methyl sites for hydroxylation is 1. The molecule has 0 radical (unpaired) electrons. The van der Waals surface area contributed by atoms with Crippen LogP contribution in [-0.4, -0.2) is 12.0 Å². The van der Waals surface area contributed by atoms with Crippen LogP contribution in [0.2, 0.25) is 0 Å². The number of likely N-dealkylation sites (N-methyl/N-ethyl adjacent to an activating group) is 1. The molecule has 2 atom stereocenters. The first-order chi connectivity index (χ1) is 8.81. The first kappa shape index (κ1) is 11.4. The van der Waals surface area contributed by atoms with E-state index in [0.29, 0.717) is 12.0 Å². The maximum atomic E-state index is 4.27. The van der Waals surface area contributed by atoms with E-state index in [2.05, 4.69) is 47.6 Å². The molecule has 1 aromatic heterocycles. The summed E-state index contributed by atoms with van der Waals surface area (Å²) in [5.41, 5.74) is 5.61. The number of fused-ring (bicyclic) bond motifs is 1. The topological polar surface area (TPSA) is 24.9 Å². The Morgan fingerprint density at radius 2 is 2.11 bits per heavy atom. The van der Waals surface area contributed by atoms with E-state index in [1.807, 2.05) is 19.4 Å². The van der Waals surface area contributed by atoms with Crippen LogP contribution < -0.4 is 5.32 Å². The van der Waals surface area contributed by atoms with E-state index in [4.69, 9.17) is 0 Å². The zero-order valence-electron chi connectivity index (χ0n) is 10.9. The molecule has 1 aromatic carbocycles. The van der Waals surface area contributed by atoms with Gasteiger partial charge in [-0.05, 0) is 48.7 Å². The summed E-state index contributed by atoms with van der Waals surface area (Å²) in [6.07, 6.45) is 5.02. The van der Waals surface area contributed by atoms with Crippen molar-refractivity contribution in [2.75, 3.05) is 7.05 Å². The average molecular weight is 238 g/mol. The fraction of sp³-hybridized carbons (Fsp3) is 0.312. The summed E-state index contributed by atoms with van der Waals surface area (Å²) in [7, 11) is 2.04. The van der Waals surface area contributed by atoms with Crippen molar-refractivity contribution in [1.29, 1.82) is 0 Å². The molecule has 0 spiro atoms. The van der Waals surface area contributed by atoms with E-state index < -0.39 is 0 Å². The van der Waals surface area contributed by atoms with E-state index >= 15 is 0 Å². The van der Waals surface area contributed by atoms with Gasteiger partial charge in [-0.3, -0.25) is 4.98 Å².